The third-order valence-corrected chi connectivity index (χ3v) is 2.55. The van der Waals surface area contributed by atoms with E-state index >= 15 is 0 Å². The number of benzene rings is 1. The summed E-state index contributed by atoms with van der Waals surface area (Å²) in [6.07, 6.45) is 0.627. The van der Waals surface area contributed by atoms with Crippen molar-refractivity contribution in [2.75, 3.05) is 19.0 Å². The fourth-order valence-electron chi connectivity index (χ4n) is 1.71. The zero-order chi connectivity index (χ0) is 9.97. The lowest BCUT2D eigenvalue weighted by molar-refractivity contribution is 0.333. The zero-order valence-corrected chi connectivity index (χ0v) is 8.22. The first-order chi connectivity index (χ1) is 6.79. The molecule has 14 heavy (non-hydrogen) atoms. The molecule has 0 fully saturated rings. The molecule has 1 heterocycles. The quantitative estimate of drug-likeness (QED) is 0.743. The highest BCUT2D eigenvalue weighted by Crippen LogP contribution is 2.26. The van der Waals surface area contributed by atoms with Gasteiger partial charge in [-0.2, -0.15) is 0 Å². The van der Waals surface area contributed by atoms with Gasteiger partial charge in [-0.15, -0.1) is 0 Å². The van der Waals surface area contributed by atoms with E-state index in [9.17, 15) is 4.39 Å². The van der Waals surface area contributed by atoms with Crippen molar-refractivity contribution in [2.45, 2.75) is 19.0 Å². The third kappa shape index (κ3) is 1.81. The molecule has 1 unspecified atom stereocenters. The van der Waals surface area contributed by atoms with E-state index in [0.717, 1.165) is 23.4 Å². The number of halogens is 1. The molecule has 2 nitrogen and oxygen atoms in total. The molecule has 76 valence electrons. The van der Waals surface area contributed by atoms with Crippen LogP contribution in [0.15, 0.2) is 18.2 Å². The molecule has 0 amide bonds. The van der Waals surface area contributed by atoms with Crippen molar-refractivity contribution in [1.29, 1.82) is 0 Å². The van der Waals surface area contributed by atoms with E-state index in [1.54, 1.807) is 7.11 Å². The Morgan fingerprint density at radius 3 is 3.14 bits per heavy atom. The number of aryl methyl sites for hydroxylation is 1. The molecular formula is C11H14FNO. The second-order valence-corrected chi connectivity index (χ2v) is 3.54. The van der Waals surface area contributed by atoms with Gasteiger partial charge in [-0.3, -0.25) is 0 Å². The molecule has 2 rings (SSSR count). The van der Waals surface area contributed by atoms with Crippen molar-refractivity contribution < 1.29 is 9.13 Å². The average Bonchev–Trinajstić information content (AvgIpc) is 2.40. The van der Waals surface area contributed by atoms with Crippen molar-refractivity contribution in [1.82, 2.24) is 0 Å². The highest BCUT2D eigenvalue weighted by Gasteiger charge is 2.14. The number of hydrogen-bond acceptors (Lipinski definition) is 2. The second kappa shape index (κ2) is 3.86. The van der Waals surface area contributed by atoms with Crippen LogP contribution < -0.4 is 10.1 Å². The van der Waals surface area contributed by atoms with Crippen LogP contribution in [0.1, 0.15) is 12.0 Å². The smallest absolute Gasteiger partial charge is 0.119 e. The maximum Gasteiger partial charge on any atom is 0.119 e. The summed E-state index contributed by atoms with van der Waals surface area (Å²) in [4.78, 5) is 0. The lowest BCUT2D eigenvalue weighted by atomic mass is 10.1. The first-order valence-electron chi connectivity index (χ1n) is 4.84. The van der Waals surface area contributed by atoms with Crippen LogP contribution in [0.4, 0.5) is 10.1 Å². The summed E-state index contributed by atoms with van der Waals surface area (Å²) in [6.45, 7) is 0.416. The van der Waals surface area contributed by atoms with Crippen LogP contribution in [0.25, 0.3) is 0 Å². The van der Waals surface area contributed by atoms with Crippen LogP contribution in [0.2, 0.25) is 0 Å². The highest BCUT2D eigenvalue weighted by atomic mass is 19.1. The summed E-state index contributed by atoms with van der Waals surface area (Å²) >= 11 is 0. The molecule has 0 saturated heterocycles. The standard InChI is InChI=1S/C11H14FNO/c1-14-10-4-5-11-8(6-10)2-3-9(12)7-13-11/h4-6,9,13H,2-3,7H2,1H3. The third-order valence-electron chi connectivity index (χ3n) is 2.55. The van der Waals surface area contributed by atoms with E-state index in [0.29, 0.717) is 13.0 Å². The van der Waals surface area contributed by atoms with Gasteiger partial charge in [-0.25, -0.2) is 4.39 Å². The van der Waals surface area contributed by atoms with Crippen molar-refractivity contribution in [3.05, 3.63) is 23.8 Å². The average molecular weight is 195 g/mol. The Morgan fingerprint density at radius 1 is 1.50 bits per heavy atom. The van der Waals surface area contributed by atoms with Crippen LogP contribution in [0.5, 0.6) is 5.75 Å². The number of anilines is 1. The normalized spacial score (nSPS) is 20.6. The molecule has 1 N–H and O–H groups in total. The first kappa shape index (κ1) is 9.31. The van der Waals surface area contributed by atoms with Crippen LogP contribution in [-0.2, 0) is 6.42 Å². The summed E-state index contributed by atoms with van der Waals surface area (Å²) in [5.74, 6) is 0.836. The van der Waals surface area contributed by atoms with Crippen molar-refractivity contribution >= 4 is 5.69 Å². The lowest BCUT2D eigenvalue weighted by Crippen LogP contribution is -2.12. The van der Waals surface area contributed by atoms with E-state index in [-0.39, 0.29) is 0 Å². The van der Waals surface area contributed by atoms with E-state index in [1.807, 2.05) is 18.2 Å². The number of ether oxygens (including phenoxy) is 1. The SMILES string of the molecule is COc1ccc2c(c1)CCC(F)CN2. The van der Waals surface area contributed by atoms with Gasteiger partial charge in [0.15, 0.2) is 0 Å². The van der Waals surface area contributed by atoms with Gasteiger partial charge in [0, 0.05) is 12.2 Å². The molecule has 1 atom stereocenters. The molecule has 0 bridgehead atoms. The Morgan fingerprint density at radius 2 is 2.36 bits per heavy atom. The first-order valence-corrected chi connectivity index (χ1v) is 4.84. The molecular weight excluding hydrogens is 181 g/mol. The molecule has 1 aromatic rings. The van der Waals surface area contributed by atoms with Gasteiger partial charge in [-0.05, 0) is 36.6 Å². The highest BCUT2D eigenvalue weighted by molar-refractivity contribution is 5.55. The number of alkyl halides is 1. The van der Waals surface area contributed by atoms with Gasteiger partial charge in [-0.1, -0.05) is 0 Å². The van der Waals surface area contributed by atoms with E-state index < -0.39 is 6.17 Å². The van der Waals surface area contributed by atoms with Crippen molar-refractivity contribution in [3.8, 4) is 5.75 Å². The molecule has 0 saturated carbocycles. The van der Waals surface area contributed by atoms with Crippen LogP contribution in [0, 0.1) is 0 Å². The predicted molar refractivity (Wildman–Crippen MR) is 54.7 cm³/mol. The van der Waals surface area contributed by atoms with Gasteiger partial charge in [0.25, 0.3) is 0 Å². The minimum atomic E-state index is -0.742. The van der Waals surface area contributed by atoms with Gasteiger partial charge in [0.05, 0.1) is 7.11 Å². The van der Waals surface area contributed by atoms with Crippen LogP contribution >= 0.6 is 0 Å². The maximum atomic E-state index is 13.1. The molecule has 0 radical (unpaired) electrons. The number of fused-ring (bicyclic) bond motifs is 1. The van der Waals surface area contributed by atoms with Gasteiger partial charge in [0.2, 0.25) is 0 Å². The van der Waals surface area contributed by atoms with Crippen LogP contribution in [0.3, 0.4) is 0 Å². The summed E-state index contributed by atoms with van der Waals surface area (Å²) in [5.41, 5.74) is 2.18. The topological polar surface area (TPSA) is 21.3 Å². The number of rotatable bonds is 1. The summed E-state index contributed by atoms with van der Waals surface area (Å²) in [6, 6.07) is 5.82. The van der Waals surface area contributed by atoms with E-state index in [2.05, 4.69) is 5.32 Å². The maximum absolute atomic E-state index is 13.1. The van der Waals surface area contributed by atoms with Crippen molar-refractivity contribution in [2.24, 2.45) is 0 Å². The summed E-state index contributed by atoms with van der Waals surface area (Å²) in [7, 11) is 1.64. The number of hydrogen-bond donors (Lipinski definition) is 1. The fourth-order valence-corrected chi connectivity index (χ4v) is 1.71. The lowest BCUT2D eigenvalue weighted by Gasteiger charge is -2.08. The van der Waals surface area contributed by atoms with Gasteiger partial charge < -0.3 is 10.1 Å². The Hall–Kier alpha value is -1.25. The Kier molecular flexibility index (Phi) is 2.57. The van der Waals surface area contributed by atoms with E-state index in [4.69, 9.17) is 4.74 Å². The Balaban J connectivity index is 2.27. The molecule has 0 aliphatic carbocycles. The molecule has 3 heteroatoms. The molecule has 0 spiro atoms. The predicted octanol–water partition coefficient (Wildman–Crippen LogP) is 2.39. The molecule has 1 aromatic carbocycles. The minimum Gasteiger partial charge on any atom is -0.497 e. The molecule has 1 aliphatic heterocycles. The van der Waals surface area contributed by atoms with Crippen LogP contribution in [-0.4, -0.2) is 19.8 Å². The largest absolute Gasteiger partial charge is 0.497 e. The Labute approximate surface area is 83.1 Å². The minimum absolute atomic E-state index is 0.416. The summed E-state index contributed by atoms with van der Waals surface area (Å²) < 4.78 is 18.2. The molecule has 1 aliphatic rings. The fraction of sp³-hybridized carbons (Fsp3) is 0.455. The van der Waals surface area contributed by atoms with E-state index in [1.165, 1.54) is 0 Å². The zero-order valence-electron chi connectivity index (χ0n) is 8.22. The second-order valence-electron chi connectivity index (χ2n) is 3.54. The van der Waals surface area contributed by atoms with Crippen molar-refractivity contribution in [3.63, 3.8) is 0 Å². The monoisotopic (exact) mass is 195 g/mol. The molecule has 0 aromatic heterocycles. The Bertz CT molecular complexity index is 327. The number of methoxy groups -OCH3 is 1. The van der Waals surface area contributed by atoms with Gasteiger partial charge in [0.1, 0.15) is 11.9 Å². The number of nitrogens with one attached hydrogen (secondary N) is 1. The summed E-state index contributed by atoms with van der Waals surface area (Å²) in [5, 5.41) is 3.10. The van der Waals surface area contributed by atoms with Gasteiger partial charge >= 0.3 is 0 Å².